The molecule has 0 bridgehead atoms. The first-order valence-corrected chi connectivity index (χ1v) is 9.16. The summed E-state index contributed by atoms with van der Waals surface area (Å²) in [4.78, 5) is 11.1. The molecule has 2 N–H and O–H groups in total. The maximum absolute atomic E-state index is 14.1. The first kappa shape index (κ1) is 19.1. The maximum Gasteiger partial charge on any atom is 0.217 e. The molecule has 0 saturated carbocycles. The molecule has 0 aliphatic rings. The van der Waals surface area contributed by atoms with Gasteiger partial charge in [-0.05, 0) is 25.1 Å². The normalized spacial score (nSPS) is 12.3. The molecule has 9 heteroatoms. The van der Waals surface area contributed by atoms with E-state index in [2.05, 4.69) is 10.2 Å². The van der Waals surface area contributed by atoms with Gasteiger partial charge in [0, 0.05) is 29.7 Å². The van der Waals surface area contributed by atoms with E-state index in [4.69, 9.17) is 10.2 Å². The summed E-state index contributed by atoms with van der Waals surface area (Å²) >= 11 is 1.29. The second-order valence-electron chi connectivity index (χ2n) is 5.96. The lowest BCUT2D eigenvalue weighted by atomic mass is 10.1. The maximum atomic E-state index is 14.1. The fourth-order valence-corrected chi connectivity index (χ4v) is 3.62. The molecular formula is C18H18F2N4O2S. The van der Waals surface area contributed by atoms with Crippen LogP contribution in [0.4, 0.5) is 8.78 Å². The number of carbonyl (C=O) groups is 1. The SMILES string of the molecule is CC(Sc1nnc(CCC(N)=O)n1Cc1ccco1)c1ccc(F)cc1F. The van der Waals surface area contributed by atoms with Gasteiger partial charge < -0.3 is 10.2 Å². The number of hydrogen-bond acceptors (Lipinski definition) is 5. The fourth-order valence-electron chi connectivity index (χ4n) is 2.60. The first-order chi connectivity index (χ1) is 12.9. The molecule has 1 amide bonds. The summed E-state index contributed by atoms with van der Waals surface area (Å²) in [7, 11) is 0. The van der Waals surface area contributed by atoms with Crippen molar-refractivity contribution in [2.75, 3.05) is 0 Å². The summed E-state index contributed by atoms with van der Waals surface area (Å²) in [5.41, 5.74) is 5.59. The van der Waals surface area contributed by atoms with Crippen molar-refractivity contribution in [2.45, 2.75) is 36.7 Å². The molecule has 3 rings (SSSR count). The van der Waals surface area contributed by atoms with Gasteiger partial charge in [0.25, 0.3) is 0 Å². The number of amides is 1. The lowest BCUT2D eigenvalue weighted by Crippen LogP contribution is -2.14. The molecule has 0 spiro atoms. The van der Waals surface area contributed by atoms with Crippen molar-refractivity contribution in [1.82, 2.24) is 14.8 Å². The zero-order chi connectivity index (χ0) is 19.4. The summed E-state index contributed by atoms with van der Waals surface area (Å²) in [6.07, 6.45) is 2.04. The summed E-state index contributed by atoms with van der Waals surface area (Å²) in [6, 6.07) is 7.09. The van der Waals surface area contributed by atoms with Gasteiger partial charge in [-0.1, -0.05) is 17.8 Å². The Bertz CT molecular complexity index is 928. The number of aryl methyl sites for hydroxylation is 1. The van der Waals surface area contributed by atoms with Gasteiger partial charge in [0.05, 0.1) is 12.8 Å². The van der Waals surface area contributed by atoms with E-state index in [0.717, 1.165) is 6.07 Å². The van der Waals surface area contributed by atoms with Crippen LogP contribution in [0.2, 0.25) is 0 Å². The highest BCUT2D eigenvalue weighted by Gasteiger charge is 2.20. The molecule has 3 aromatic rings. The third kappa shape index (κ3) is 4.73. The topological polar surface area (TPSA) is 86.9 Å². The molecule has 1 unspecified atom stereocenters. The molecule has 0 saturated heterocycles. The number of furan rings is 1. The van der Waals surface area contributed by atoms with Gasteiger partial charge in [0.2, 0.25) is 5.91 Å². The molecule has 6 nitrogen and oxygen atoms in total. The van der Waals surface area contributed by atoms with Gasteiger partial charge in [-0.2, -0.15) is 0 Å². The number of thioether (sulfide) groups is 1. The van der Waals surface area contributed by atoms with Crippen molar-refractivity contribution < 1.29 is 18.0 Å². The predicted octanol–water partition coefficient (Wildman–Crippen LogP) is 3.47. The van der Waals surface area contributed by atoms with Crippen LogP contribution < -0.4 is 5.73 Å². The monoisotopic (exact) mass is 392 g/mol. The van der Waals surface area contributed by atoms with Crippen molar-refractivity contribution in [3.8, 4) is 0 Å². The molecule has 0 aliphatic heterocycles. The number of benzene rings is 1. The largest absolute Gasteiger partial charge is 0.467 e. The standard InChI is InChI=1S/C18H18F2N4O2S/c1-11(14-5-4-12(19)9-15(14)20)27-18-23-22-17(7-6-16(21)25)24(18)10-13-3-2-8-26-13/h2-5,8-9,11H,6-7,10H2,1H3,(H2,21,25). The fraction of sp³-hybridized carbons (Fsp3) is 0.278. The number of carbonyl (C=O) groups excluding carboxylic acids is 1. The Hall–Kier alpha value is -2.68. The van der Waals surface area contributed by atoms with Crippen LogP contribution in [0.5, 0.6) is 0 Å². The van der Waals surface area contributed by atoms with Gasteiger partial charge >= 0.3 is 0 Å². The van der Waals surface area contributed by atoms with Gasteiger partial charge in [0.15, 0.2) is 5.16 Å². The first-order valence-electron chi connectivity index (χ1n) is 8.28. The Kier molecular flexibility index (Phi) is 5.90. The highest BCUT2D eigenvalue weighted by Crippen LogP contribution is 2.35. The minimum Gasteiger partial charge on any atom is -0.467 e. The minimum absolute atomic E-state index is 0.142. The predicted molar refractivity (Wildman–Crippen MR) is 96.0 cm³/mol. The van der Waals surface area contributed by atoms with Crippen LogP contribution in [0.25, 0.3) is 0 Å². The van der Waals surface area contributed by atoms with E-state index in [1.165, 1.54) is 23.9 Å². The Morgan fingerprint density at radius 2 is 2.15 bits per heavy atom. The third-order valence-corrected chi connectivity index (χ3v) is 5.09. The van der Waals surface area contributed by atoms with Crippen molar-refractivity contribution in [1.29, 1.82) is 0 Å². The summed E-state index contributed by atoms with van der Waals surface area (Å²) < 4.78 is 34.4. The third-order valence-electron chi connectivity index (χ3n) is 3.97. The van der Waals surface area contributed by atoms with Gasteiger partial charge in [0.1, 0.15) is 23.2 Å². The van der Waals surface area contributed by atoms with E-state index in [9.17, 15) is 13.6 Å². The lowest BCUT2D eigenvalue weighted by Gasteiger charge is -2.14. The molecule has 0 radical (unpaired) electrons. The number of halogens is 2. The zero-order valence-electron chi connectivity index (χ0n) is 14.6. The molecule has 2 aromatic heterocycles. The summed E-state index contributed by atoms with van der Waals surface area (Å²) in [5, 5.41) is 8.53. The van der Waals surface area contributed by atoms with E-state index < -0.39 is 17.5 Å². The van der Waals surface area contributed by atoms with Gasteiger partial charge in [-0.25, -0.2) is 8.78 Å². The van der Waals surface area contributed by atoms with Gasteiger partial charge in [-0.3, -0.25) is 9.36 Å². The minimum atomic E-state index is -0.622. The van der Waals surface area contributed by atoms with Gasteiger partial charge in [-0.15, -0.1) is 10.2 Å². The van der Waals surface area contributed by atoms with Crippen LogP contribution in [-0.2, 0) is 17.8 Å². The lowest BCUT2D eigenvalue weighted by molar-refractivity contribution is -0.118. The molecule has 1 aromatic carbocycles. The number of rotatable bonds is 8. The number of primary amides is 1. The second-order valence-corrected chi connectivity index (χ2v) is 7.26. The molecule has 0 fully saturated rings. The Labute approximate surface area is 158 Å². The highest BCUT2D eigenvalue weighted by molar-refractivity contribution is 7.99. The van der Waals surface area contributed by atoms with Crippen LogP contribution in [0.15, 0.2) is 46.2 Å². The van der Waals surface area contributed by atoms with Crippen molar-refractivity contribution in [2.24, 2.45) is 5.73 Å². The number of hydrogen-bond donors (Lipinski definition) is 1. The molecular weight excluding hydrogens is 374 g/mol. The van der Waals surface area contributed by atoms with E-state index in [-0.39, 0.29) is 11.7 Å². The summed E-state index contributed by atoms with van der Waals surface area (Å²) in [6.45, 7) is 2.17. The molecule has 0 aliphatic carbocycles. The smallest absolute Gasteiger partial charge is 0.217 e. The van der Waals surface area contributed by atoms with Crippen LogP contribution in [0, 0.1) is 11.6 Å². The van der Waals surface area contributed by atoms with Crippen LogP contribution >= 0.6 is 11.8 Å². The average molecular weight is 392 g/mol. The quantitative estimate of drug-likeness (QED) is 0.593. The van der Waals surface area contributed by atoms with Crippen LogP contribution in [0.3, 0.4) is 0 Å². The zero-order valence-corrected chi connectivity index (χ0v) is 15.4. The molecule has 142 valence electrons. The van der Waals surface area contributed by atoms with Crippen molar-refractivity contribution >= 4 is 17.7 Å². The number of nitrogens with two attached hydrogens (primary N) is 1. The molecule has 2 heterocycles. The number of aromatic nitrogens is 3. The Morgan fingerprint density at radius 3 is 2.81 bits per heavy atom. The average Bonchev–Trinajstić information content (AvgIpc) is 3.24. The molecule has 1 atom stereocenters. The van der Waals surface area contributed by atoms with Crippen LogP contribution in [-0.4, -0.2) is 20.7 Å². The van der Waals surface area contributed by atoms with Crippen LogP contribution in [0.1, 0.15) is 35.7 Å². The van der Waals surface area contributed by atoms with E-state index in [0.29, 0.717) is 35.3 Å². The summed E-state index contributed by atoms with van der Waals surface area (Å²) in [5.74, 6) is -0.389. The molecule has 27 heavy (non-hydrogen) atoms. The van der Waals surface area contributed by atoms with Crippen molar-refractivity contribution in [3.05, 3.63) is 65.4 Å². The van der Waals surface area contributed by atoms with Crippen molar-refractivity contribution in [3.63, 3.8) is 0 Å². The van der Waals surface area contributed by atoms with E-state index >= 15 is 0 Å². The highest BCUT2D eigenvalue weighted by atomic mass is 32.2. The van der Waals surface area contributed by atoms with E-state index in [1.54, 1.807) is 19.3 Å². The van der Waals surface area contributed by atoms with E-state index in [1.807, 2.05) is 10.6 Å². The number of nitrogens with zero attached hydrogens (tertiary/aromatic N) is 3. The second kappa shape index (κ2) is 8.34. The Morgan fingerprint density at radius 1 is 1.33 bits per heavy atom. The Balaban J connectivity index is 1.85.